The van der Waals surface area contributed by atoms with Crippen LogP contribution in [0.4, 0.5) is 0 Å². The van der Waals surface area contributed by atoms with E-state index < -0.39 is 0 Å². The Balaban J connectivity index is 1.86. The van der Waals surface area contributed by atoms with Crippen LogP contribution in [0.3, 0.4) is 0 Å². The van der Waals surface area contributed by atoms with Crippen molar-refractivity contribution in [2.24, 2.45) is 10.9 Å². The van der Waals surface area contributed by atoms with Crippen molar-refractivity contribution in [2.75, 3.05) is 59.4 Å². The third-order valence-corrected chi connectivity index (χ3v) is 5.28. The Morgan fingerprint density at radius 1 is 1.22 bits per heavy atom. The van der Waals surface area contributed by atoms with E-state index >= 15 is 0 Å². The molecule has 1 aliphatic rings. The molecule has 0 bridgehead atoms. The average molecular weight is 394 g/mol. The molecule has 0 spiro atoms. The number of guanidine groups is 1. The molecule has 0 aliphatic carbocycles. The number of nitrogens with zero attached hydrogens (tertiary/aromatic N) is 4. The largest absolute Gasteiger partial charge is 0.357 e. The van der Waals surface area contributed by atoms with Crippen LogP contribution in [0.15, 0.2) is 29.3 Å². The summed E-state index contributed by atoms with van der Waals surface area (Å²) in [5, 5.41) is 4.19. The molecular formula is C21H36ClN5. The highest BCUT2D eigenvalue weighted by Crippen LogP contribution is 2.12. The first kappa shape index (κ1) is 22.0. The molecule has 2 rings (SSSR count). The van der Waals surface area contributed by atoms with Gasteiger partial charge >= 0.3 is 0 Å². The van der Waals surface area contributed by atoms with Gasteiger partial charge < -0.3 is 20.0 Å². The molecule has 1 N–H and O–H groups in total. The predicted molar refractivity (Wildman–Crippen MR) is 117 cm³/mol. The van der Waals surface area contributed by atoms with E-state index in [9.17, 15) is 0 Å². The second-order valence-electron chi connectivity index (χ2n) is 7.52. The van der Waals surface area contributed by atoms with Crippen molar-refractivity contribution in [1.82, 2.24) is 20.0 Å². The first-order valence-corrected chi connectivity index (χ1v) is 10.6. The average Bonchev–Trinajstić information content (AvgIpc) is 2.65. The summed E-state index contributed by atoms with van der Waals surface area (Å²) in [6.07, 6.45) is 0. The van der Waals surface area contributed by atoms with Crippen LogP contribution in [0.5, 0.6) is 0 Å². The molecule has 1 unspecified atom stereocenters. The summed E-state index contributed by atoms with van der Waals surface area (Å²) >= 11 is 6.11. The molecule has 5 nitrogen and oxygen atoms in total. The van der Waals surface area contributed by atoms with E-state index in [1.54, 1.807) is 0 Å². The van der Waals surface area contributed by atoms with Crippen LogP contribution in [0.1, 0.15) is 26.3 Å². The molecule has 1 aromatic carbocycles. The summed E-state index contributed by atoms with van der Waals surface area (Å²) in [4.78, 5) is 12.2. The SMILES string of the molecule is CCNC(=NCC(C)CN1CCN(CC)CC1)N(C)Cc1cccc(Cl)c1. The predicted octanol–water partition coefficient (Wildman–Crippen LogP) is 3.01. The van der Waals surface area contributed by atoms with E-state index in [0.29, 0.717) is 5.92 Å². The van der Waals surface area contributed by atoms with Gasteiger partial charge in [-0.05, 0) is 37.1 Å². The Kier molecular flexibility index (Phi) is 9.39. The molecular weight excluding hydrogens is 358 g/mol. The Morgan fingerprint density at radius 2 is 1.93 bits per heavy atom. The highest BCUT2D eigenvalue weighted by atomic mass is 35.5. The minimum Gasteiger partial charge on any atom is -0.357 e. The van der Waals surface area contributed by atoms with Crippen LogP contribution in [0.2, 0.25) is 5.02 Å². The zero-order valence-corrected chi connectivity index (χ0v) is 18.2. The van der Waals surface area contributed by atoms with Crippen molar-refractivity contribution in [3.05, 3.63) is 34.9 Å². The summed E-state index contributed by atoms with van der Waals surface area (Å²) in [6.45, 7) is 16.2. The van der Waals surface area contributed by atoms with Gasteiger partial charge in [-0.2, -0.15) is 0 Å². The van der Waals surface area contributed by atoms with Gasteiger partial charge in [-0.3, -0.25) is 4.99 Å². The van der Waals surface area contributed by atoms with Gasteiger partial charge in [0, 0.05) is 64.4 Å². The van der Waals surface area contributed by atoms with Gasteiger partial charge in [-0.1, -0.05) is 37.6 Å². The van der Waals surface area contributed by atoms with Crippen molar-refractivity contribution in [3.63, 3.8) is 0 Å². The fraction of sp³-hybridized carbons (Fsp3) is 0.667. The van der Waals surface area contributed by atoms with E-state index in [4.69, 9.17) is 16.6 Å². The molecule has 1 fully saturated rings. The van der Waals surface area contributed by atoms with E-state index in [1.165, 1.54) is 38.3 Å². The lowest BCUT2D eigenvalue weighted by molar-refractivity contribution is 0.125. The number of piperazine rings is 1. The fourth-order valence-electron chi connectivity index (χ4n) is 3.48. The number of hydrogen-bond acceptors (Lipinski definition) is 3. The first-order valence-electron chi connectivity index (χ1n) is 10.2. The van der Waals surface area contributed by atoms with Crippen molar-refractivity contribution >= 4 is 17.6 Å². The van der Waals surface area contributed by atoms with Crippen LogP contribution < -0.4 is 5.32 Å². The third kappa shape index (κ3) is 7.68. The van der Waals surface area contributed by atoms with Crippen LogP contribution >= 0.6 is 11.6 Å². The quantitative estimate of drug-likeness (QED) is 0.543. The number of benzene rings is 1. The number of rotatable bonds is 8. The second kappa shape index (κ2) is 11.5. The zero-order chi connectivity index (χ0) is 19.6. The van der Waals surface area contributed by atoms with Crippen molar-refractivity contribution in [3.8, 4) is 0 Å². The summed E-state index contributed by atoms with van der Waals surface area (Å²) in [5.74, 6) is 1.51. The standard InChI is InChI=1S/C21H36ClN5/c1-5-23-21(25(4)17-19-8-7-9-20(22)14-19)24-15-18(3)16-27-12-10-26(6-2)11-13-27/h7-9,14,18H,5-6,10-13,15-17H2,1-4H3,(H,23,24). The lowest BCUT2D eigenvalue weighted by atomic mass is 10.1. The van der Waals surface area contributed by atoms with Crippen molar-refractivity contribution in [1.29, 1.82) is 0 Å². The molecule has 1 saturated heterocycles. The molecule has 0 radical (unpaired) electrons. The lowest BCUT2D eigenvalue weighted by Gasteiger charge is -2.35. The minimum atomic E-state index is 0.548. The maximum atomic E-state index is 6.11. The van der Waals surface area contributed by atoms with Gasteiger partial charge in [0.05, 0.1) is 0 Å². The number of nitrogens with one attached hydrogen (secondary N) is 1. The van der Waals surface area contributed by atoms with Gasteiger partial charge in [0.2, 0.25) is 0 Å². The molecule has 0 amide bonds. The van der Waals surface area contributed by atoms with Gasteiger partial charge in [0.15, 0.2) is 5.96 Å². The number of aliphatic imine (C=N–C) groups is 1. The highest BCUT2D eigenvalue weighted by molar-refractivity contribution is 6.30. The van der Waals surface area contributed by atoms with Crippen LogP contribution in [-0.2, 0) is 6.54 Å². The summed E-state index contributed by atoms with van der Waals surface area (Å²) in [5.41, 5.74) is 1.19. The molecule has 152 valence electrons. The fourth-order valence-corrected chi connectivity index (χ4v) is 3.70. The third-order valence-electron chi connectivity index (χ3n) is 5.04. The zero-order valence-electron chi connectivity index (χ0n) is 17.4. The summed E-state index contributed by atoms with van der Waals surface area (Å²) < 4.78 is 0. The highest BCUT2D eigenvalue weighted by Gasteiger charge is 2.17. The monoisotopic (exact) mass is 393 g/mol. The minimum absolute atomic E-state index is 0.548. The molecule has 1 aliphatic heterocycles. The topological polar surface area (TPSA) is 34.1 Å². The molecule has 1 atom stereocenters. The van der Waals surface area contributed by atoms with Gasteiger partial charge in [0.1, 0.15) is 0 Å². The van der Waals surface area contributed by atoms with Gasteiger partial charge in [-0.25, -0.2) is 0 Å². The number of halogens is 1. The molecule has 27 heavy (non-hydrogen) atoms. The maximum absolute atomic E-state index is 6.11. The van der Waals surface area contributed by atoms with E-state index in [1.807, 2.05) is 18.2 Å². The maximum Gasteiger partial charge on any atom is 0.193 e. The Bertz CT molecular complexity index is 584. The number of hydrogen-bond donors (Lipinski definition) is 1. The first-order chi connectivity index (χ1) is 13.0. The smallest absolute Gasteiger partial charge is 0.193 e. The van der Waals surface area contributed by atoms with E-state index in [2.05, 4.69) is 53.9 Å². The number of likely N-dealkylation sites (N-methyl/N-ethyl adjacent to an activating group) is 1. The lowest BCUT2D eigenvalue weighted by Crippen LogP contribution is -2.47. The van der Waals surface area contributed by atoms with E-state index in [0.717, 1.165) is 37.2 Å². The Morgan fingerprint density at radius 3 is 2.56 bits per heavy atom. The molecule has 1 heterocycles. The Hall–Kier alpha value is -1.30. The van der Waals surface area contributed by atoms with Crippen molar-refractivity contribution < 1.29 is 0 Å². The molecule has 0 saturated carbocycles. The summed E-state index contributed by atoms with van der Waals surface area (Å²) in [6, 6.07) is 8.02. The van der Waals surface area contributed by atoms with Crippen molar-refractivity contribution in [2.45, 2.75) is 27.3 Å². The molecule has 6 heteroatoms. The molecule has 0 aromatic heterocycles. The van der Waals surface area contributed by atoms with Crippen LogP contribution in [-0.4, -0.2) is 80.1 Å². The molecule has 1 aromatic rings. The van der Waals surface area contributed by atoms with Gasteiger partial charge in [-0.15, -0.1) is 0 Å². The van der Waals surface area contributed by atoms with E-state index in [-0.39, 0.29) is 0 Å². The summed E-state index contributed by atoms with van der Waals surface area (Å²) in [7, 11) is 2.08. The normalized spacial score (nSPS) is 17.7. The van der Waals surface area contributed by atoms with Gasteiger partial charge in [0.25, 0.3) is 0 Å². The van der Waals surface area contributed by atoms with Crippen LogP contribution in [0, 0.1) is 5.92 Å². The second-order valence-corrected chi connectivity index (χ2v) is 7.96. The Labute approximate surface area is 170 Å². The van der Waals surface area contributed by atoms with Crippen LogP contribution in [0.25, 0.3) is 0 Å².